The van der Waals surface area contributed by atoms with E-state index in [0.29, 0.717) is 5.56 Å². The van der Waals surface area contributed by atoms with Gasteiger partial charge in [0, 0.05) is 37.6 Å². The third-order valence-corrected chi connectivity index (χ3v) is 8.09. The molecule has 0 atom stereocenters. The molecule has 1 heterocycles. The topological polar surface area (TPSA) is 46.4 Å². The average Bonchev–Trinajstić information content (AvgIpc) is 3.07. The molecular weight excluding hydrogens is 518 g/mol. The van der Waals surface area contributed by atoms with Gasteiger partial charge in [-0.05, 0) is 84.6 Å². The number of carbonyl (C=O) groups is 1. The van der Waals surface area contributed by atoms with Gasteiger partial charge in [0.2, 0.25) is 0 Å². The van der Waals surface area contributed by atoms with Crippen LogP contribution in [0.5, 0.6) is 0 Å². The van der Waals surface area contributed by atoms with Gasteiger partial charge in [-0.25, -0.2) is 5.43 Å². The number of hydrogen-bond donors (Lipinski definition) is 1. The van der Waals surface area contributed by atoms with Crippen LogP contribution >= 0.6 is 27.7 Å². The fourth-order valence-corrected chi connectivity index (χ4v) is 5.57. The predicted octanol–water partition coefficient (Wildman–Crippen LogP) is 7.53. The Morgan fingerprint density at radius 2 is 1.57 bits per heavy atom. The van der Waals surface area contributed by atoms with Crippen LogP contribution in [0.3, 0.4) is 0 Å². The second-order valence-electron chi connectivity index (χ2n) is 8.47. The van der Waals surface area contributed by atoms with Crippen molar-refractivity contribution < 1.29 is 4.79 Å². The molecular formula is C29H28BrN3OS. The first kappa shape index (κ1) is 25.0. The normalized spacial score (nSPS) is 11.2. The first-order valence-electron chi connectivity index (χ1n) is 11.4. The van der Waals surface area contributed by atoms with E-state index in [-0.39, 0.29) is 5.91 Å². The summed E-state index contributed by atoms with van der Waals surface area (Å²) in [5.41, 5.74) is 11.1. The number of halogens is 1. The molecule has 4 rings (SSSR count). The number of amides is 1. The number of aryl methyl sites for hydroxylation is 2. The number of aromatic nitrogens is 1. The lowest BCUT2D eigenvalue weighted by Gasteiger charge is -2.15. The van der Waals surface area contributed by atoms with Crippen molar-refractivity contribution >= 4 is 39.8 Å². The molecule has 0 radical (unpaired) electrons. The molecule has 3 aromatic carbocycles. The van der Waals surface area contributed by atoms with E-state index < -0.39 is 0 Å². The van der Waals surface area contributed by atoms with E-state index in [1.54, 1.807) is 18.0 Å². The van der Waals surface area contributed by atoms with Crippen molar-refractivity contribution in [3.8, 4) is 5.69 Å². The maximum atomic E-state index is 12.6. The number of benzene rings is 3. The lowest BCUT2D eigenvalue weighted by atomic mass is 10.1. The smallest absolute Gasteiger partial charge is 0.271 e. The highest BCUT2D eigenvalue weighted by Gasteiger charge is 2.18. The van der Waals surface area contributed by atoms with Crippen molar-refractivity contribution in [1.82, 2.24) is 9.99 Å². The van der Waals surface area contributed by atoms with Gasteiger partial charge in [0.05, 0.1) is 11.9 Å². The zero-order valence-corrected chi connectivity index (χ0v) is 22.7. The molecule has 4 aromatic rings. The molecule has 1 N–H and O–H groups in total. The third kappa shape index (κ3) is 5.60. The molecule has 0 spiro atoms. The zero-order chi connectivity index (χ0) is 24.9. The molecule has 4 nitrogen and oxygen atoms in total. The first-order valence-corrected chi connectivity index (χ1v) is 13.2. The van der Waals surface area contributed by atoms with Gasteiger partial charge in [-0.3, -0.25) is 4.79 Å². The van der Waals surface area contributed by atoms with Crippen LogP contribution in [-0.2, 0) is 5.75 Å². The van der Waals surface area contributed by atoms with Gasteiger partial charge in [-0.15, -0.1) is 11.8 Å². The molecule has 0 unspecified atom stereocenters. The van der Waals surface area contributed by atoms with E-state index in [9.17, 15) is 4.79 Å². The van der Waals surface area contributed by atoms with Crippen molar-refractivity contribution in [2.24, 2.45) is 5.10 Å². The number of hydrogen-bond acceptors (Lipinski definition) is 3. The number of carbonyl (C=O) groups excluding carboxylic acids is 1. The largest absolute Gasteiger partial charge is 0.316 e. The monoisotopic (exact) mass is 545 g/mol. The van der Waals surface area contributed by atoms with Crippen molar-refractivity contribution in [2.75, 3.05) is 0 Å². The lowest BCUT2D eigenvalue weighted by Crippen LogP contribution is -2.17. The SMILES string of the molecule is Cc1cccc(C)c1-n1c(C)c(Br)c(/C=N\NC(=O)c2ccc(CSc3ccccc3)cc2)c1C. The molecule has 0 saturated heterocycles. The molecule has 0 aliphatic heterocycles. The maximum absolute atomic E-state index is 12.6. The molecule has 1 amide bonds. The van der Waals surface area contributed by atoms with E-state index in [1.807, 2.05) is 42.5 Å². The molecule has 35 heavy (non-hydrogen) atoms. The van der Waals surface area contributed by atoms with Crippen LogP contribution in [0.15, 0.2) is 87.3 Å². The Morgan fingerprint density at radius 1 is 0.914 bits per heavy atom. The van der Waals surface area contributed by atoms with E-state index in [4.69, 9.17) is 0 Å². The first-order chi connectivity index (χ1) is 16.9. The van der Waals surface area contributed by atoms with Gasteiger partial charge < -0.3 is 4.57 Å². The van der Waals surface area contributed by atoms with Gasteiger partial charge in [-0.1, -0.05) is 48.5 Å². The summed E-state index contributed by atoms with van der Waals surface area (Å²) in [6.07, 6.45) is 1.71. The van der Waals surface area contributed by atoms with Gasteiger partial charge in [0.25, 0.3) is 5.91 Å². The molecule has 0 aliphatic rings. The van der Waals surface area contributed by atoms with Crippen molar-refractivity contribution in [2.45, 2.75) is 38.3 Å². The summed E-state index contributed by atoms with van der Waals surface area (Å²) >= 11 is 5.50. The maximum Gasteiger partial charge on any atom is 0.271 e. The predicted molar refractivity (Wildman–Crippen MR) is 150 cm³/mol. The van der Waals surface area contributed by atoms with Crippen LogP contribution in [0.25, 0.3) is 5.69 Å². The number of nitrogens with zero attached hydrogens (tertiary/aromatic N) is 2. The van der Waals surface area contributed by atoms with Crippen LogP contribution < -0.4 is 5.43 Å². The highest BCUT2D eigenvalue weighted by atomic mass is 79.9. The molecule has 0 aliphatic carbocycles. The summed E-state index contributed by atoms with van der Waals surface area (Å²) < 4.78 is 3.21. The Balaban J connectivity index is 1.44. The summed E-state index contributed by atoms with van der Waals surface area (Å²) in [6, 6.07) is 24.3. The lowest BCUT2D eigenvalue weighted by molar-refractivity contribution is 0.0955. The quantitative estimate of drug-likeness (QED) is 0.148. The molecule has 0 saturated carbocycles. The zero-order valence-electron chi connectivity index (χ0n) is 20.3. The van der Waals surface area contributed by atoms with Crippen LogP contribution in [0, 0.1) is 27.7 Å². The third-order valence-electron chi connectivity index (χ3n) is 6.00. The van der Waals surface area contributed by atoms with Crippen molar-refractivity contribution in [3.63, 3.8) is 0 Å². The van der Waals surface area contributed by atoms with Gasteiger partial charge in [-0.2, -0.15) is 5.10 Å². The Hall–Kier alpha value is -3.09. The second kappa shape index (κ2) is 11.1. The van der Waals surface area contributed by atoms with E-state index in [0.717, 1.165) is 27.2 Å². The Bertz CT molecular complexity index is 1360. The van der Waals surface area contributed by atoms with Crippen molar-refractivity contribution in [3.05, 3.63) is 116 Å². The standard InChI is InChI=1S/C29H28BrN3OS/c1-19-9-8-10-20(2)28(19)33-21(3)26(27(30)22(33)4)17-31-32-29(34)24-15-13-23(14-16-24)18-35-25-11-6-5-7-12-25/h5-17H,18H2,1-4H3,(H,32,34)/b31-17-. The Kier molecular flexibility index (Phi) is 7.93. The minimum absolute atomic E-state index is 0.233. The highest BCUT2D eigenvalue weighted by molar-refractivity contribution is 9.10. The summed E-state index contributed by atoms with van der Waals surface area (Å²) in [5.74, 6) is 0.622. The Labute approximate surface area is 219 Å². The molecule has 0 fully saturated rings. The number of hydrazone groups is 1. The molecule has 0 bridgehead atoms. The summed E-state index contributed by atoms with van der Waals surface area (Å²) in [7, 11) is 0. The van der Waals surface area contributed by atoms with Gasteiger partial charge >= 0.3 is 0 Å². The second-order valence-corrected chi connectivity index (χ2v) is 10.3. The summed E-state index contributed by atoms with van der Waals surface area (Å²) in [5, 5.41) is 4.26. The van der Waals surface area contributed by atoms with Crippen LogP contribution in [0.2, 0.25) is 0 Å². The number of rotatable bonds is 7. The fourth-order valence-electron chi connectivity index (χ4n) is 4.12. The number of thioether (sulfide) groups is 1. The summed E-state index contributed by atoms with van der Waals surface area (Å²) in [4.78, 5) is 13.9. The minimum atomic E-state index is -0.233. The Morgan fingerprint density at radius 3 is 2.23 bits per heavy atom. The molecule has 178 valence electrons. The highest BCUT2D eigenvalue weighted by Crippen LogP contribution is 2.32. The van der Waals surface area contributed by atoms with Gasteiger partial charge in [0.15, 0.2) is 0 Å². The fraction of sp³-hybridized carbons (Fsp3) is 0.172. The minimum Gasteiger partial charge on any atom is -0.316 e. The van der Waals surface area contributed by atoms with Crippen molar-refractivity contribution in [1.29, 1.82) is 0 Å². The van der Waals surface area contributed by atoms with Gasteiger partial charge in [0.1, 0.15) is 0 Å². The van der Waals surface area contributed by atoms with E-state index in [2.05, 4.69) is 89.1 Å². The molecule has 6 heteroatoms. The van der Waals surface area contributed by atoms with Crippen LogP contribution in [0.1, 0.15) is 44.0 Å². The summed E-state index contributed by atoms with van der Waals surface area (Å²) in [6.45, 7) is 8.39. The van der Waals surface area contributed by atoms with Crippen LogP contribution in [0.4, 0.5) is 0 Å². The average molecular weight is 547 g/mol. The number of para-hydroxylation sites is 1. The van der Waals surface area contributed by atoms with Crippen LogP contribution in [-0.4, -0.2) is 16.7 Å². The number of nitrogens with one attached hydrogen (secondary N) is 1. The van der Waals surface area contributed by atoms with E-state index in [1.165, 1.54) is 27.3 Å². The van der Waals surface area contributed by atoms with E-state index >= 15 is 0 Å². The molecule has 1 aromatic heterocycles.